The van der Waals surface area contributed by atoms with Crippen LogP contribution in [0.2, 0.25) is 5.02 Å². The van der Waals surface area contributed by atoms with Crippen LogP contribution in [0.3, 0.4) is 0 Å². The predicted molar refractivity (Wildman–Crippen MR) is 68.8 cm³/mol. The second kappa shape index (κ2) is 5.52. The van der Waals surface area contributed by atoms with Crippen molar-refractivity contribution in [2.45, 2.75) is 13.5 Å². The van der Waals surface area contributed by atoms with Gasteiger partial charge in [-0.3, -0.25) is 4.79 Å². The van der Waals surface area contributed by atoms with Crippen molar-refractivity contribution in [3.05, 3.63) is 34.9 Å². The van der Waals surface area contributed by atoms with Crippen molar-refractivity contribution < 1.29 is 4.79 Å². The average molecular weight is 253 g/mol. The highest BCUT2D eigenvalue weighted by molar-refractivity contribution is 6.30. The van der Waals surface area contributed by atoms with Gasteiger partial charge in [-0.15, -0.1) is 0 Å². The van der Waals surface area contributed by atoms with Gasteiger partial charge in [-0.1, -0.05) is 30.7 Å². The molecule has 1 aromatic carbocycles. The van der Waals surface area contributed by atoms with E-state index in [1.165, 1.54) is 0 Å². The lowest BCUT2D eigenvalue weighted by Crippen LogP contribution is -2.33. The molecule has 3 nitrogen and oxygen atoms in total. The molecule has 1 aliphatic heterocycles. The van der Waals surface area contributed by atoms with Crippen molar-refractivity contribution in [1.82, 2.24) is 10.6 Å². The lowest BCUT2D eigenvalue weighted by atomic mass is 9.97. The summed E-state index contributed by atoms with van der Waals surface area (Å²) in [6.07, 6.45) is 0. The van der Waals surface area contributed by atoms with Gasteiger partial charge in [0.1, 0.15) is 0 Å². The number of nitrogens with one attached hydrogen (secondary N) is 2. The van der Waals surface area contributed by atoms with Gasteiger partial charge in [0, 0.05) is 18.1 Å². The zero-order valence-electron chi connectivity index (χ0n) is 9.87. The molecule has 1 fully saturated rings. The van der Waals surface area contributed by atoms with E-state index < -0.39 is 0 Å². The summed E-state index contributed by atoms with van der Waals surface area (Å²) in [5, 5.41) is 6.89. The first-order valence-corrected chi connectivity index (χ1v) is 6.27. The SMILES string of the molecule is C[C@@H]1CNC[C@H]1C(=O)NCc1cccc(Cl)c1. The molecule has 0 spiro atoms. The summed E-state index contributed by atoms with van der Waals surface area (Å²) in [6, 6.07) is 7.56. The Morgan fingerprint density at radius 1 is 1.53 bits per heavy atom. The molecule has 0 saturated carbocycles. The largest absolute Gasteiger partial charge is 0.352 e. The van der Waals surface area contributed by atoms with Crippen LogP contribution in [0.1, 0.15) is 12.5 Å². The quantitative estimate of drug-likeness (QED) is 0.862. The fourth-order valence-corrected chi connectivity index (χ4v) is 2.34. The first-order chi connectivity index (χ1) is 8.16. The highest BCUT2D eigenvalue weighted by Gasteiger charge is 2.29. The van der Waals surface area contributed by atoms with E-state index in [2.05, 4.69) is 17.6 Å². The number of amides is 1. The molecule has 1 amide bonds. The predicted octanol–water partition coefficient (Wildman–Crippen LogP) is 1.81. The summed E-state index contributed by atoms with van der Waals surface area (Å²) in [7, 11) is 0. The van der Waals surface area contributed by atoms with Gasteiger partial charge in [0.25, 0.3) is 0 Å². The van der Waals surface area contributed by atoms with E-state index in [1.807, 2.05) is 24.3 Å². The number of halogens is 1. The number of hydrogen-bond acceptors (Lipinski definition) is 2. The molecule has 0 unspecified atom stereocenters. The molecule has 1 aliphatic rings. The van der Waals surface area contributed by atoms with Gasteiger partial charge in [-0.05, 0) is 30.2 Å². The van der Waals surface area contributed by atoms with Crippen molar-refractivity contribution in [2.24, 2.45) is 11.8 Å². The zero-order chi connectivity index (χ0) is 12.3. The van der Waals surface area contributed by atoms with E-state index in [-0.39, 0.29) is 11.8 Å². The Bertz CT molecular complexity index is 408. The average Bonchev–Trinajstić information content (AvgIpc) is 2.72. The van der Waals surface area contributed by atoms with Gasteiger partial charge in [-0.2, -0.15) is 0 Å². The number of carbonyl (C=O) groups excluding carboxylic acids is 1. The summed E-state index contributed by atoms with van der Waals surface area (Å²) in [5.41, 5.74) is 1.03. The van der Waals surface area contributed by atoms with Gasteiger partial charge in [0.15, 0.2) is 0 Å². The molecule has 0 aromatic heterocycles. The normalized spacial score (nSPS) is 23.6. The van der Waals surface area contributed by atoms with Crippen LogP contribution in [0.5, 0.6) is 0 Å². The summed E-state index contributed by atoms with van der Waals surface area (Å²) < 4.78 is 0. The van der Waals surface area contributed by atoms with E-state index in [0.717, 1.165) is 18.7 Å². The molecule has 0 radical (unpaired) electrons. The van der Waals surface area contributed by atoms with Gasteiger partial charge < -0.3 is 10.6 Å². The Morgan fingerprint density at radius 2 is 2.35 bits per heavy atom. The fraction of sp³-hybridized carbons (Fsp3) is 0.462. The van der Waals surface area contributed by atoms with E-state index in [0.29, 0.717) is 17.5 Å². The van der Waals surface area contributed by atoms with E-state index in [1.54, 1.807) is 0 Å². The van der Waals surface area contributed by atoms with Crippen LogP contribution in [0.4, 0.5) is 0 Å². The van der Waals surface area contributed by atoms with Crippen molar-refractivity contribution >= 4 is 17.5 Å². The minimum atomic E-state index is 0.0918. The molecule has 4 heteroatoms. The monoisotopic (exact) mass is 252 g/mol. The van der Waals surface area contributed by atoms with Gasteiger partial charge >= 0.3 is 0 Å². The van der Waals surface area contributed by atoms with E-state index in [4.69, 9.17) is 11.6 Å². The second-order valence-corrected chi connectivity index (χ2v) is 5.03. The van der Waals surface area contributed by atoms with Gasteiger partial charge in [-0.25, -0.2) is 0 Å². The summed E-state index contributed by atoms with van der Waals surface area (Å²) in [5.74, 6) is 0.631. The summed E-state index contributed by atoms with van der Waals surface area (Å²) in [4.78, 5) is 11.9. The van der Waals surface area contributed by atoms with Gasteiger partial charge in [0.2, 0.25) is 5.91 Å². The first kappa shape index (κ1) is 12.4. The maximum absolute atomic E-state index is 11.9. The van der Waals surface area contributed by atoms with Crippen LogP contribution in [-0.2, 0) is 11.3 Å². The van der Waals surface area contributed by atoms with Crippen LogP contribution in [0.25, 0.3) is 0 Å². The van der Waals surface area contributed by atoms with Crippen molar-refractivity contribution in [3.8, 4) is 0 Å². The Morgan fingerprint density at radius 3 is 3.00 bits per heavy atom. The molecule has 1 heterocycles. The third-order valence-electron chi connectivity index (χ3n) is 3.21. The number of hydrogen-bond donors (Lipinski definition) is 2. The molecule has 0 bridgehead atoms. The smallest absolute Gasteiger partial charge is 0.224 e. The maximum Gasteiger partial charge on any atom is 0.224 e. The van der Waals surface area contributed by atoms with E-state index in [9.17, 15) is 4.79 Å². The van der Waals surface area contributed by atoms with Crippen LogP contribution in [0.15, 0.2) is 24.3 Å². The Hall–Kier alpha value is -1.06. The summed E-state index contributed by atoms with van der Waals surface area (Å²) in [6.45, 7) is 4.35. The maximum atomic E-state index is 11.9. The third-order valence-corrected chi connectivity index (χ3v) is 3.45. The second-order valence-electron chi connectivity index (χ2n) is 4.59. The zero-order valence-corrected chi connectivity index (χ0v) is 10.6. The van der Waals surface area contributed by atoms with Crippen molar-refractivity contribution in [1.29, 1.82) is 0 Å². The Kier molecular flexibility index (Phi) is 4.02. The molecular formula is C13H17ClN2O. The molecule has 0 aliphatic carbocycles. The molecule has 2 N–H and O–H groups in total. The Balaban J connectivity index is 1.88. The lowest BCUT2D eigenvalue weighted by molar-refractivity contribution is -0.125. The molecule has 92 valence electrons. The number of carbonyl (C=O) groups is 1. The molecule has 2 rings (SSSR count). The minimum Gasteiger partial charge on any atom is -0.352 e. The molecular weight excluding hydrogens is 236 g/mol. The topological polar surface area (TPSA) is 41.1 Å². The Labute approximate surface area is 107 Å². The molecule has 1 saturated heterocycles. The number of benzene rings is 1. The highest BCUT2D eigenvalue weighted by Crippen LogP contribution is 2.16. The van der Waals surface area contributed by atoms with Gasteiger partial charge in [0.05, 0.1) is 5.92 Å². The van der Waals surface area contributed by atoms with Crippen LogP contribution in [0, 0.1) is 11.8 Å². The van der Waals surface area contributed by atoms with Crippen LogP contribution in [-0.4, -0.2) is 19.0 Å². The summed E-state index contributed by atoms with van der Waals surface area (Å²) >= 11 is 5.89. The van der Waals surface area contributed by atoms with Crippen molar-refractivity contribution in [2.75, 3.05) is 13.1 Å². The fourth-order valence-electron chi connectivity index (χ4n) is 2.13. The standard InChI is InChI=1S/C13H17ClN2O/c1-9-6-15-8-12(9)13(17)16-7-10-3-2-4-11(14)5-10/h2-5,9,12,15H,6-8H2,1H3,(H,16,17)/t9-,12-/m1/s1. The third kappa shape index (κ3) is 3.20. The van der Waals surface area contributed by atoms with Crippen molar-refractivity contribution in [3.63, 3.8) is 0 Å². The first-order valence-electron chi connectivity index (χ1n) is 5.89. The highest BCUT2D eigenvalue weighted by atomic mass is 35.5. The van der Waals surface area contributed by atoms with Crippen LogP contribution >= 0.6 is 11.6 Å². The van der Waals surface area contributed by atoms with Crippen LogP contribution < -0.4 is 10.6 Å². The lowest BCUT2D eigenvalue weighted by Gasteiger charge is -2.14. The number of rotatable bonds is 3. The molecule has 2 atom stereocenters. The molecule has 1 aromatic rings. The van der Waals surface area contributed by atoms with E-state index >= 15 is 0 Å². The minimum absolute atomic E-state index is 0.0918. The molecule has 17 heavy (non-hydrogen) atoms.